The number of carbonyl (C=O) groups is 2. The molecule has 0 unspecified atom stereocenters. The molecule has 20 heavy (non-hydrogen) atoms. The van der Waals surface area contributed by atoms with Crippen molar-refractivity contribution in [3.8, 4) is 0 Å². The van der Waals surface area contributed by atoms with E-state index in [2.05, 4.69) is 15.3 Å². The first kappa shape index (κ1) is 16.0. The molecule has 110 valence electrons. The lowest BCUT2D eigenvalue weighted by molar-refractivity contribution is -0.136. The van der Waals surface area contributed by atoms with E-state index < -0.39 is 11.9 Å². The first-order valence-electron chi connectivity index (χ1n) is 6.54. The predicted molar refractivity (Wildman–Crippen MR) is 71.5 cm³/mol. The Morgan fingerprint density at radius 1 is 1.20 bits per heavy atom. The highest BCUT2D eigenvalue weighted by Gasteiger charge is 2.12. The minimum Gasteiger partial charge on any atom is -0.480 e. The van der Waals surface area contributed by atoms with Crippen LogP contribution in [0.1, 0.15) is 42.6 Å². The van der Waals surface area contributed by atoms with Crippen LogP contribution in [-0.4, -0.2) is 44.7 Å². The predicted octanol–water partition coefficient (Wildman–Crippen LogP) is 1.17. The highest BCUT2D eigenvalue weighted by Crippen LogP contribution is 2.16. The van der Waals surface area contributed by atoms with Crippen LogP contribution in [0.25, 0.3) is 0 Å². The molecule has 0 aromatic carbocycles. The van der Waals surface area contributed by atoms with Crippen LogP contribution < -0.4 is 5.32 Å². The van der Waals surface area contributed by atoms with Gasteiger partial charge in [-0.3, -0.25) is 9.78 Å². The Hall–Kier alpha value is -2.02. The highest BCUT2D eigenvalue weighted by molar-refractivity contribution is 5.84. The van der Waals surface area contributed by atoms with Crippen molar-refractivity contribution in [3.05, 3.63) is 24.3 Å². The van der Waals surface area contributed by atoms with Crippen molar-refractivity contribution in [1.82, 2.24) is 15.3 Å². The summed E-state index contributed by atoms with van der Waals surface area (Å²) in [6.45, 7) is 0.116. The average Bonchev–Trinajstić information content (AvgIpc) is 2.48. The number of nitrogens with one attached hydrogen (secondary N) is 1. The number of aromatic nitrogens is 2. The topological polar surface area (TPSA) is 112 Å². The van der Waals surface area contributed by atoms with Gasteiger partial charge in [0.15, 0.2) is 5.69 Å². The first-order chi connectivity index (χ1) is 9.59. The fraction of sp³-hybridized carbons (Fsp3) is 0.538. The monoisotopic (exact) mass is 281 g/mol. The maximum Gasteiger partial charge on any atom is 0.356 e. The van der Waals surface area contributed by atoms with Crippen molar-refractivity contribution in [2.75, 3.05) is 6.54 Å². The molecular weight excluding hydrogens is 262 g/mol. The number of carboxylic acid groups (broad SMARTS) is 2. The molecule has 0 spiro atoms. The second-order valence-corrected chi connectivity index (χ2v) is 4.51. The van der Waals surface area contributed by atoms with Crippen molar-refractivity contribution >= 4 is 11.9 Å². The maximum absolute atomic E-state index is 10.2. The van der Waals surface area contributed by atoms with Crippen molar-refractivity contribution in [3.63, 3.8) is 0 Å². The van der Waals surface area contributed by atoms with Gasteiger partial charge in [0, 0.05) is 18.4 Å². The van der Waals surface area contributed by atoms with Gasteiger partial charge in [-0.05, 0) is 12.8 Å². The lowest BCUT2D eigenvalue weighted by atomic mass is 9.96. The van der Waals surface area contributed by atoms with E-state index in [9.17, 15) is 9.59 Å². The molecule has 2 rings (SSSR count). The van der Waals surface area contributed by atoms with Crippen molar-refractivity contribution in [2.45, 2.75) is 38.1 Å². The third kappa shape index (κ3) is 6.79. The molecule has 1 aliphatic rings. The normalized spacial score (nSPS) is 15.0. The lowest BCUT2D eigenvalue weighted by Gasteiger charge is -2.21. The number of nitrogens with zero attached hydrogens (tertiary/aromatic N) is 2. The van der Waals surface area contributed by atoms with Gasteiger partial charge in [-0.15, -0.1) is 0 Å². The zero-order chi connectivity index (χ0) is 14.8. The molecule has 7 heteroatoms. The van der Waals surface area contributed by atoms with Gasteiger partial charge in [0.1, 0.15) is 0 Å². The quantitative estimate of drug-likeness (QED) is 0.759. The van der Waals surface area contributed by atoms with E-state index >= 15 is 0 Å². The molecule has 1 heterocycles. The number of carboxylic acids is 2. The average molecular weight is 281 g/mol. The summed E-state index contributed by atoms with van der Waals surface area (Å²) in [6, 6.07) is 0.458. The SMILES string of the molecule is O=C(O)CNC1CCCCC1.O=C(O)c1cnccn1. The lowest BCUT2D eigenvalue weighted by Crippen LogP contribution is -2.34. The highest BCUT2D eigenvalue weighted by atomic mass is 16.4. The molecule has 1 saturated carbocycles. The van der Waals surface area contributed by atoms with Crippen LogP contribution in [0, 0.1) is 0 Å². The van der Waals surface area contributed by atoms with Gasteiger partial charge in [-0.2, -0.15) is 0 Å². The van der Waals surface area contributed by atoms with Gasteiger partial charge in [0.25, 0.3) is 0 Å². The number of rotatable bonds is 4. The van der Waals surface area contributed by atoms with Crippen LogP contribution in [0.4, 0.5) is 0 Å². The van der Waals surface area contributed by atoms with Gasteiger partial charge in [0.2, 0.25) is 0 Å². The molecule has 1 fully saturated rings. The minimum atomic E-state index is -1.05. The summed E-state index contributed by atoms with van der Waals surface area (Å²) in [5, 5.41) is 19.7. The van der Waals surface area contributed by atoms with Gasteiger partial charge in [0.05, 0.1) is 12.7 Å². The van der Waals surface area contributed by atoms with E-state index in [1.165, 1.54) is 37.9 Å². The van der Waals surface area contributed by atoms with E-state index in [0.717, 1.165) is 12.8 Å². The van der Waals surface area contributed by atoms with E-state index in [1.807, 2.05) is 0 Å². The summed E-state index contributed by atoms with van der Waals surface area (Å²) < 4.78 is 0. The third-order valence-electron chi connectivity index (χ3n) is 2.93. The van der Waals surface area contributed by atoms with E-state index in [1.54, 1.807) is 0 Å². The third-order valence-corrected chi connectivity index (χ3v) is 2.93. The molecule has 1 aliphatic carbocycles. The van der Waals surface area contributed by atoms with Gasteiger partial charge in [-0.25, -0.2) is 9.78 Å². The molecule has 1 aromatic rings. The van der Waals surface area contributed by atoms with Gasteiger partial charge in [-0.1, -0.05) is 19.3 Å². The molecule has 3 N–H and O–H groups in total. The van der Waals surface area contributed by atoms with Crippen LogP contribution >= 0.6 is 0 Å². The van der Waals surface area contributed by atoms with Crippen LogP contribution in [-0.2, 0) is 4.79 Å². The van der Waals surface area contributed by atoms with Crippen LogP contribution in [0.2, 0.25) is 0 Å². The number of hydrogen-bond donors (Lipinski definition) is 3. The van der Waals surface area contributed by atoms with Crippen LogP contribution in [0.5, 0.6) is 0 Å². The second-order valence-electron chi connectivity index (χ2n) is 4.51. The Morgan fingerprint density at radius 3 is 2.35 bits per heavy atom. The maximum atomic E-state index is 10.2. The molecule has 0 aliphatic heterocycles. The number of hydrogen-bond acceptors (Lipinski definition) is 5. The number of aliphatic carboxylic acids is 1. The molecule has 0 atom stereocenters. The van der Waals surface area contributed by atoms with Crippen molar-refractivity contribution in [2.24, 2.45) is 0 Å². The van der Waals surface area contributed by atoms with Gasteiger partial charge >= 0.3 is 11.9 Å². The fourth-order valence-electron chi connectivity index (χ4n) is 1.95. The fourth-order valence-corrected chi connectivity index (χ4v) is 1.95. The summed E-state index contributed by atoms with van der Waals surface area (Å²) in [5.74, 6) is -1.81. The molecular formula is C13H19N3O4. The summed E-state index contributed by atoms with van der Waals surface area (Å²) >= 11 is 0. The zero-order valence-electron chi connectivity index (χ0n) is 11.2. The van der Waals surface area contributed by atoms with Crippen LogP contribution in [0.3, 0.4) is 0 Å². The summed E-state index contributed by atoms with van der Waals surface area (Å²) in [4.78, 5) is 27.4. The molecule has 1 aromatic heterocycles. The van der Waals surface area contributed by atoms with Gasteiger partial charge < -0.3 is 15.5 Å². The smallest absolute Gasteiger partial charge is 0.356 e. The Bertz CT molecular complexity index is 419. The first-order valence-corrected chi connectivity index (χ1v) is 6.54. The molecule has 0 amide bonds. The summed E-state index contributed by atoms with van der Waals surface area (Å²) in [5.41, 5.74) is -0.0301. The molecule has 7 nitrogen and oxygen atoms in total. The Morgan fingerprint density at radius 2 is 1.90 bits per heavy atom. The minimum absolute atomic E-state index is 0.0301. The van der Waals surface area contributed by atoms with E-state index in [4.69, 9.17) is 10.2 Å². The molecule has 0 radical (unpaired) electrons. The second kappa shape index (κ2) is 8.98. The summed E-state index contributed by atoms with van der Waals surface area (Å²) in [7, 11) is 0. The Labute approximate surface area is 117 Å². The van der Waals surface area contributed by atoms with Crippen molar-refractivity contribution in [1.29, 1.82) is 0 Å². The largest absolute Gasteiger partial charge is 0.480 e. The standard InChI is InChI=1S/C8H15NO2.C5H4N2O2/c10-8(11)6-9-7-4-2-1-3-5-7;8-5(9)4-3-6-1-2-7-4/h7,9H,1-6H2,(H,10,11);1-3H,(H,8,9). The van der Waals surface area contributed by atoms with Crippen LogP contribution in [0.15, 0.2) is 18.6 Å². The number of aromatic carboxylic acids is 1. The Kier molecular flexibility index (Phi) is 7.20. The van der Waals surface area contributed by atoms with E-state index in [-0.39, 0.29) is 12.2 Å². The molecule has 0 saturated heterocycles. The van der Waals surface area contributed by atoms with Crippen molar-refractivity contribution < 1.29 is 19.8 Å². The zero-order valence-corrected chi connectivity index (χ0v) is 11.2. The molecule has 0 bridgehead atoms. The Balaban J connectivity index is 0.000000204. The van der Waals surface area contributed by atoms with E-state index in [0.29, 0.717) is 6.04 Å². The summed E-state index contributed by atoms with van der Waals surface area (Å²) in [6.07, 6.45) is 10.1.